The van der Waals surface area contributed by atoms with E-state index < -0.39 is 5.41 Å². The summed E-state index contributed by atoms with van der Waals surface area (Å²) in [5, 5.41) is 5.02. The lowest BCUT2D eigenvalue weighted by Gasteiger charge is -2.34. The van der Waals surface area contributed by atoms with E-state index in [0.717, 1.165) is 17.1 Å². The molecule has 0 amide bonds. The van der Waals surface area contributed by atoms with Crippen LogP contribution in [-0.2, 0) is 5.41 Å². The summed E-state index contributed by atoms with van der Waals surface area (Å²) in [4.78, 5) is 2.51. The highest BCUT2D eigenvalue weighted by Crippen LogP contribution is 2.60. The van der Waals surface area contributed by atoms with E-state index >= 15 is 0 Å². The van der Waals surface area contributed by atoms with E-state index in [-0.39, 0.29) is 0 Å². The molecule has 0 aliphatic heterocycles. The normalized spacial score (nSPS) is 12.6. The van der Waals surface area contributed by atoms with Gasteiger partial charge in [-0.05, 0) is 96.4 Å². The number of benzene rings is 10. The van der Waals surface area contributed by atoms with Crippen molar-refractivity contribution in [3.05, 3.63) is 259 Å². The summed E-state index contributed by atoms with van der Waals surface area (Å²) in [5.41, 5.74) is 15.2. The van der Waals surface area contributed by atoms with Gasteiger partial charge in [0, 0.05) is 16.8 Å². The Labute approximate surface area is 339 Å². The molecular formula is C57H39N. The van der Waals surface area contributed by atoms with Crippen molar-refractivity contribution in [3.63, 3.8) is 0 Å². The first-order valence-corrected chi connectivity index (χ1v) is 20.1. The molecule has 1 aliphatic carbocycles. The predicted octanol–water partition coefficient (Wildman–Crippen LogP) is 15.2. The molecule has 1 aliphatic rings. The SMILES string of the molecule is c1ccc(-c2ccc(-c3cc4ccccc4c4ccccc34)cc2N(c2ccccc2)c2cccc3c2-c2ccccc2C3(c2ccccc2)c2ccccc2)cc1. The molecule has 10 aromatic rings. The average molecular weight is 738 g/mol. The van der Waals surface area contributed by atoms with Gasteiger partial charge in [-0.1, -0.05) is 206 Å². The Morgan fingerprint density at radius 1 is 0.310 bits per heavy atom. The highest BCUT2D eigenvalue weighted by atomic mass is 15.1. The second-order valence-electron chi connectivity index (χ2n) is 15.2. The Balaban J connectivity index is 1.24. The zero-order valence-corrected chi connectivity index (χ0v) is 32.0. The van der Waals surface area contributed by atoms with Crippen LogP contribution in [0.1, 0.15) is 22.3 Å². The molecule has 58 heavy (non-hydrogen) atoms. The van der Waals surface area contributed by atoms with E-state index in [0.29, 0.717) is 0 Å². The largest absolute Gasteiger partial charge is 0.309 e. The molecule has 0 N–H and O–H groups in total. The molecule has 0 unspecified atom stereocenters. The van der Waals surface area contributed by atoms with E-state index in [1.807, 2.05) is 0 Å². The highest BCUT2D eigenvalue weighted by molar-refractivity contribution is 6.14. The van der Waals surface area contributed by atoms with Crippen molar-refractivity contribution in [1.29, 1.82) is 0 Å². The Bertz CT molecular complexity index is 3060. The maximum atomic E-state index is 2.51. The van der Waals surface area contributed by atoms with Crippen LogP contribution in [-0.4, -0.2) is 0 Å². The number of rotatable bonds is 7. The first kappa shape index (κ1) is 33.8. The van der Waals surface area contributed by atoms with Crippen LogP contribution in [0.3, 0.4) is 0 Å². The molecule has 0 atom stereocenters. The molecule has 0 aromatic heterocycles. The molecule has 10 aromatic carbocycles. The van der Waals surface area contributed by atoms with Crippen molar-refractivity contribution < 1.29 is 0 Å². The summed E-state index contributed by atoms with van der Waals surface area (Å²) in [6.07, 6.45) is 0. The Kier molecular flexibility index (Phi) is 8.12. The Morgan fingerprint density at radius 3 is 1.60 bits per heavy atom. The third-order valence-corrected chi connectivity index (χ3v) is 12.1. The number of nitrogens with zero attached hydrogens (tertiary/aromatic N) is 1. The minimum absolute atomic E-state index is 0.513. The van der Waals surface area contributed by atoms with E-state index in [1.165, 1.54) is 77.2 Å². The Morgan fingerprint density at radius 2 is 0.879 bits per heavy atom. The second-order valence-corrected chi connectivity index (χ2v) is 15.2. The predicted molar refractivity (Wildman–Crippen MR) is 244 cm³/mol. The van der Waals surface area contributed by atoms with Crippen LogP contribution in [0.4, 0.5) is 17.1 Å². The summed E-state index contributed by atoms with van der Waals surface area (Å²) in [5.74, 6) is 0. The van der Waals surface area contributed by atoms with Crippen molar-refractivity contribution in [2.45, 2.75) is 5.41 Å². The van der Waals surface area contributed by atoms with Crippen molar-refractivity contribution in [2.75, 3.05) is 4.90 Å². The zero-order chi connectivity index (χ0) is 38.5. The van der Waals surface area contributed by atoms with Gasteiger partial charge in [0.05, 0.1) is 16.8 Å². The molecule has 0 radical (unpaired) electrons. The fourth-order valence-electron chi connectivity index (χ4n) is 9.68. The molecule has 272 valence electrons. The van der Waals surface area contributed by atoms with Crippen molar-refractivity contribution in [2.24, 2.45) is 0 Å². The minimum Gasteiger partial charge on any atom is -0.309 e. The fraction of sp³-hybridized carbons (Fsp3) is 0.0175. The summed E-state index contributed by atoms with van der Waals surface area (Å²) in [7, 11) is 0. The van der Waals surface area contributed by atoms with Gasteiger partial charge in [0.2, 0.25) is 0 Å². The smallest absolute Gasteiger partial charge is 0.0714 e. The number of para-hydroxylation sites is 1. The number of fused-ring (bicyclic) bond motifs is 6. The van der Waals surface area contributed by atoms with E-state index in [1.54, 1.807) is 0 Å². The van der Waals surface area contributed by atoms with Gasteiger partial charge in [-0.2, -0.15) is 0 Å². The average Bonchev–Trinajstić information content (AvgIpc) is 3.62. The summed E-state index contributed by atoms with van der Waals surface area (Å²) >= 11 is 0. The second kappa shape index (κ2) is 13.9. The van der Waals surface area contributed by atoms with Crippen LogP contribution in [0, 0.1) is 0 Å². The summed E-state index contributed by atoms with van der Waals surface area (Å²) < 4.78 is 0. The first-order valence-electron chi connectivity index (χ1n) is 20.1. The molecule has 0 fully saturated rings. The number of hydrogen-bond donors (Lipinski definition) is 0. The van der Waals surface area contributed by atoms with Gasteiger partial charge in [0.25, 0.3) is 0 Å². The molecule has 0 saturated heterocycles. The van der Waals surface area contributed by atoms with Crippen molar-refractivity contribution >= 4 is 38.6 Å². The number of hydrogen-bond acceptors (Lipinski definition) is 1. The lowest BCUT2D eigenvalue weighted by Crippen LogP contribution is -2.28. The summed E-state index contributed by atoms with van der Waals surface area (Å²) in [6.45, 7) is 0. The third-order valence-electron chi connectivity index (χ3n) is 12.1. The van der Waals surface area contributed by atoms with Crippen LogP contribution in [0.5, 0.6) is 0 Å². The molecular weight excluding hydrogens is 699 g/mol. The van der Waals surface area contributed by atoms with E-state index in [2.05, 4.69) is 241 Å². The van der Waals surface area contributed by atoms with Crippen molar-refractivity contribution in [1.82, 2.24) is 0 Å². The first-order chi connectivity index (χ1) is 28.8. The Hall–Kier alpha value is -7.48. The van der Waals surface area contributed by atoms with Gasteiger partial charge in [-0.3, -0.25) is 0 Å². The molecule has 11 rings (SSSR count). The molecule has 1 nitrogen and oxygen atoms in total. The van der Waals surface area contributed by atoms with E-state index in [4.69, 9.17) is 0 Å². The van der Waals surface area contributed by atoms with Gasteiger partial charge >= 0.3 is 0 Å². The third kappa shape index (κ3) is 5.25. The fourth-order valence-corrected chi connectivity index (χ4v) is 9.68. The van der Waals surface area contributed by atoms with Crippen molar-refractivity contribution in [3.8, 4) is 33.4 Å². The monoisotopic (exact) mass is 737 g/mol. The molecule has 0 bridgehead atoms. The standard InChI is InChI=1S/C57H39N/c1-5-20-40(21-6-1)47-37-36-42(51-38-41-22-13-14-29-46(41)48-30-15-16-31-49(48)51)39-55(47)58(45-27-11-4-12-28-45)54-35-19-34-53-56(54)50-32-17-18-33-52(50)57(53,43-23-7-2-8-24-43)44-25-9-3-10-26-44/h1-39H. The molecule has 0 heterocycles. The van der Waals surface area contributed by atoms with Crippen LogP contribution in [0.2, 0.25) is 0 Å². The van der Waals surface area contributed by atoms with Crippen LogP contribution in [0.15, 0.2) is 237 Å². The van der Waals surface area contributed by atoms with Gasteiger partial charge in [-0.25, -0.2) is 0 Å². The van der Waals surface area contributed by atoms with Gasteiger partial charge in [0.15, 0.2) is 0 Å². The zero-order valence-electron chi connectivity index (χ0n) is 32.0. The maximum absolute atomic E-state index is 2.51. The summed E-state index contributed by atoms with van der Waals surface area (Å²) in [6, 6.07) is 86.9. The lowest BCUT2D eigenvalue weighted by molar-refractivity contribution is 0.768. The topological polar surface area (TPSA) is 3.24 Å². The van der Waals surface area contributed by atoms with E-state index in [9.17, 15) is 0 Å². The lowest BCUT2D eigenvalue weighted by atomic mass is 9.68. The van der Waals surface area contributed by atoms with Gasteiger partial charge < -0.3 is 4.90 Å². The highest BCUT2D eigenvalue weighted by Gasteiger charge is 2.47. The van der Waals surface area contributed by atoms with Gasteiger partial charge in [0.1, 0.15) is 0 Å². The molecule has 0 saturated carbocycles. The quantitative estimate of drug-likeness (QED) is 0.147. The van der Waals surface area contributed by atoms with Crippen LogP contribution < -0.4 is 4.90 Å². The number of anilines is 3. The van der Waals surface area contributed by atoms with Crippen LogP contribution >= 0.6 is 0 Å². The minimum atomic E-state index is -0.513. The molecule has 0 spiro atoms. The molecule has 1 heteroatoms. The van der Waals surface area contributed by atoms with Gasteiger partial charge in [-0.15, -0.1) is 0 Å². The van der Waals surface area contributed by atoms with Crippen LogP contribution in [0.25, 0.3) is 54.9 Å². The maximum Gasteiger partial charge on any atom is 0.0714 e.